The van der Waals surface area contributed by atoms with E-state index in [0.29, 0.717) is 12.8 Å². The molecule has 0 aromatic rings. The van der Waals surface area contributed by atoms with Gasteiger partial charge < -0.3 is 14.2 Å². The van der Waals surface area contributed by atoms with Crippen molar-refractivity contribution in [2.45, 2.75) is 322 Å². The second-order valence-electron chi connectivity index (χ2n) is 21.6. The fourth-order valence-electron chi connectivity index (χ4n) is 9.14. The lowest BCUT2D eigenvalue weighted by molar-refractivity contribution is -0.167. The minimum Gasteiger partial charge on any atom is -0.462 e. The van der Waals surface area contributed by atoms with Crippen molar-refractivity contribution in [2.75, 3.05) is 13.2 Å². The van der Waals surface area contributed by atoms with Gasteiger partial charge in [-0.05, 0) is 122 Å². The van der Waals surface area contributed by atoms with E-state index in [1.165, 1.54) is 167 Å². The summed E-state index contributed by atoms with van der Waals surface area (Å²) in [4.78, 5) is 38.4. The molecular weight excluding hydrogens is 949 g/mol. The number of unbranched alkanes of at least 4 members (excludes halogenated alkanes) is 32. The molecule has 77 heavy (non-hydrogen) atoms. The van der Waals surface area contributed by atoms with Crippen LogP contribution < -0.4 is 0 Å². The van der Waals surface area contributed by atoms with Gasteiger partial charge in [-0.2, -0.15) is 0 Å². The van der Waals surface area contributed by atoms with Gasteiger partial charge in [0.15, 0.2) is 6.10 Å². The van der Waals surface area contributed by atoms with Crippen LogP contribution in [-0.4, -0.2) is 37.2 Å². The molecule has 0 spiro atoms. The zero-order valence-electron chi connectivity index (χ0n) is 50.7. The van der Waals surface area contributed by atoms with Crippen molar-refractivity contribution in [3.8, 4) is 0 Å². The fourth-order valence-corrected chi connectivity index (χ4v) is 9.14. The Morgan fingerprint density at radius 2 is 0.506 bits per heavy atom. The molecule has 442 valence electrons. The van der Waals surface area contributed by atoms with E-state index in [4.69, 9.17) is 14.2 Å². The summed E-state index contributed by atoms with van der Waals surface area (Å²) in [6, 6.07) is 0. The van der Waals surface area contributed by atoms with E-state index in [9.17, 15) is 14.4 Å². The van der Waals surface area contributed by atoms with Gasteiger partial charge in [-0.1, -0.05) is 272 Å². The summed E-state index contributed by atoms with van der Waals surface area (Å²) < 4.78 is 16.9. The topological polar surface area (TPSA) is 78.9 Å². The van der Waals surface area contributed by atoms with Gasteiger partial charge in [0, 0.05) is 19.3 Å². The minimum atomic E-state index is -0.801. The van der Waals surface area contributed by atoms with E-state index in [2.05, 4.69) is 118 Å². The Labute approximate surface area is 477 Å². The van der Waals surface area contributed by atoms with Gasteiger partial charge in [-0.3, -0.25) is 14.4 Å². The summed E-state index contributed by atoms with van der Waals surface area (Å²) in [5.41, 5.74) is 0. The molecule has 0 fully saturated rings. The van der Waals surface area contributed by atoms with Crippen LogP contribution in [0.4, 0.5) is 0 Å². The molecule has 0 saturated heterocycles. The van der Waals surface area contributed by atoms with Crippen molar-refractivity contribution in [3.05, 3.63) is 97.2 Å². The number of hydrogen-bond donors (Lipinski definition) is 0. The van der Waals surface area contributed by atoms with Crippen LogP contribution in [0.2, 0.25) is 0 Å². The van der Waals surface area contributed by atoms with Crippen LogP contribution in [0.5, 0.6) is 0 Å². The largest absolute Gasteiger partial charge is 0.462 e. The third kappa shape index (κ3) is 63.0. The molecular formula is C71H122O6. The fraction of sp³-hybridized carbons (Fsp3) is 0.732. The number of carbonyl (C=O) groups is 3. The maximum absolute atomic E-state index is 12.9. The second-order valence-corrected chi connectivity index (χ2v) is 21.6. The smallest absolute Gasteiger partial charge is 0.306 e. The van der Waals surface area contributed by atoms with Crippen molar-refractivity contribution >= 4 is 17.9 Å². The lowest BCUT2D eigenvalue weighted by atomic mass is 10.0. The highest BCUT2D eigenvalue weighted by Crippen LogP contribution is 2.16. The second kappa shape index (κ2) is 64.9. The predicted molar refractivity (Wildman–Crippen MR) is 334 cm³/mol. The van der Waals surface area contributed by atoms with Gasteiger partial charge in [-0.25, -0.2) is 0 Å². The van der Waals surface area contributed by atoms with Gasteiger partial charge in [0.05, 0.1) is 0 Å². The van der Waals surface area contributed by atoms with Crippen LogP contribution >= 0.6 is 0 Å². The highest BCUT2D eigenvalue weighted by atomic mass is 16.6. The first-order valence-electron chi connectivity index (χ1n) is 32.7. The number of allylic oxidation sites excluding steroid dienone is 16. The summed E-state index contributed by atoms with van der Waals surface area (Å²) in [7, 11) is 0. The number of carbonyl (C=O) groups excluding carboxylic acids is 3. The Morgan fingerprint density at radius 3 is 0.844 bits per heavy atom. The van der Waals surface area contributed by atoms with E-state index < -0.39 is 6.10 Å². The van der Waals surface area contributed by atoms with Crippen molar-refractivity contribution in [1.29, 1.82) is 0 Å². The first-order chi connectivity index (χ1) is 38.0. The van der Waals surface area contributed by atoms with Gasteiger partial charge in [0.2, 0.25) is 0 Å². The third-order valence-electron chi connectivity index (χ3n) is 14.0. The number of ether oxygens (including phenoxy) is 3. The SMILES string of the molecule is CC/C=C\C/C=C\C/C=C\C/C=C\C/C=C\CCCCCC(=O)OC(COC(=O)CCCCCCCCC/C=C\C/C=C\CCCCC)COC(=O)CCCCCCCCCCCCC/C=C\CCCCCCCCCC. The first kappa shape index (κ1) is 73.3. The van der Waals surface area contributed by atoms with Crippen LogP contribution in [0.1, 0.15) is 316 Å². The Bertz CT molecular complexity index is 1510. The van der Waals surface area contributed by atoms with E-state index in [-0.39, 0.29) is 37.5 Å². The molecule has 0 aromatic carbocycles. The van der Waals surface area contributed by atoms with Crippen molar-refractivity contribution < 1.29 is 28.6 Å². The molecule has 0 saturated carbocycles. The molecule has 0 rings (SSSR count). The van der Waals surface area contributed by atoms with Gasteiger partial charge in [-0.15, -0.1) is 0 Å². The van der Waals surface area contributed by atoms with Gasteiger partial charge >= 0.3 is 17.9 Å². The molecule has 6 heteroatoms. The number of hydrogen-bond acceptors (Lipinski definition) is 6. The Balaban J connectivity index is 4.41. The van der Waals surface area contributed by atoms with Crippen LogP contribution in [0, 0.1) is 0 Å². The summed E-state index contributed by atoms with van der Waals surface area (Å²) in [6.07, 6.45) is 87.0. The molecule has 6 nitrogen and oxygen atoms in total. The van der Waals surface area contributed by atoms with E-state index >= 15 is 0 Å². The molecule has 0 aliphatic rings. The molecule has 1 unspecified atom stereocenters. The van der Waals surface area contributed by atoms with Crippen LogP contribution in [0.3, 0.4) is 0 Å². The van der Waals surface area contributed by atoms with Crippen molar-refractivity contribution in [2.24, 2.45) is 0 Å². The summed E-state index contributed by atoms with van der Waals surface area (Å²) >= 11 is 0. The van der Waals surface area contributed by atoms with Crippen LogP contribution in [0.25, 0.3) is 0 Å². The van der Waals surface area contributed by atoms with Gasteiger partial charge in [0.25, 0.3) is 0 Å². The first-order valence-corrected chi connectivity index (χ1v) is 32.7. The van der Waals surface area contributed by atoms with Crippen molar-refractivity contribution in [3.63, 3.8) is 0 Å². The molecule has 0 N–H and O–H groups in total. The molecule has 0 radical (unpaired) electrons. The standard InChI is InChI=1S/C71H122O6/c1-4-7-10-13-16-19-22-25-28-31-33-34-35-36-38-40-43-46-49-52-55-58-61-64-70(73)76-67-68(66-75-69(72)63-60-57-54-51-48-45-42-39-30-27-24-21-18-15-12-9-6-3)77-71(74)65-62-59-56-53-50-47-44-41-37-32-29-26-23-20-17-14-11-8-5-2/h8,11,17-18,20-21,26-27,29-31,33,37,41,47,50,68H,4-7,9-10,12-16,19,22-25,28,32,34-36,38-40,42-46,48-49,51-67H2,1-3H3/b11-8-,20-17-,21-18-,29-26-,30-27-,33-31-,41-37-,50-47-. The molecule has 0 aromatic heterocycles. The Kier molecular flexibility index (Phi) is 61.8. The van der Waals surface area contributed by atoms with E-state index in [1.54, 1.807) is 0 Å². The quantitative estimate of drug-likeness (QED) is 0.0261. The Morgan fingerprint density at radius 1 is 0.273 bits per heavy atom. The summed E-state index contributed by atoms with van der Waals surface area (Å²) in [5.74, 6) is -0.924. The highest BCUT2D eigenvalue weighted by Gasteiger charge is 2.19. The number of rotatable bonds is 59. The van der Waals surface area contributed by atoms with E-state index in [0.717, 1.165) is 109 Å². The molecule has 0 aliphatic carbocycles. The molecule has 0 amide bonds. The molecule has 0 bridgehead atoms. The van der Waals surface area contributed by atoms with Crippen LogP contribution in [-0.2, 0) is 28.6 Å². The van der Waals surface area contributed by atoms with Crippen molar-refractivity contribution in [1.82, 2.24) is 0 Å². The highest BCUT2D eigenvalue weighted by molar-refractivity contribution is 5.71. The maximum Gasteiger partial charge on any atom is 0.306 e. The average Bonchev–Trinajstić information content (AvgIpc) is 3.43. The number of esters is 3. The zero-order chi connectivity index (χ0) is 55.7. The molecule has 0 aliphatic heterocycles. The predicted octanol–water partition coefficient (Wildman–Crippen LogP) is 22.4. The average molecular weight is 1070 g/mol. The summed E-state index contributed by atoms with van der Waals surface area (Å²) in [5, 5.41) is 0. The lowest BCUT2D eigenvalue weighted by Gasteiger charge is -2.18. The Hall–Kier alpha value is -3.67. The molecule has 1 atom stereocenters. The monoisotopic (exact) mass is 1070 g/mol. The molecule has 0 heterocycles. The van der Waals surface area contributed by atoms with Crippen LogP contribution in [0.15, 0.2) is 97.2 Å². The zero-order valence-corrected chi connectivity index (χ0v) is 50.7. The minimum absolute atomic E-state index is 0.0933. The third-order valence-corrected chi connectivity index (χ3v) is 14.0. The van der Waals surface area contributed by atoms with E-state index in [1.807, 2.05) is 0 Å². The lowest BCUT2D eigenvalue weighted by Crippen LogP contribution is -2.30. The van der Waals surface area contributed by atoms with Gasteiger partial charge in [0.1, 0.15) is 13.2 Å². The normalized spacial score (nSPS) is 12.7. The summed E-state index contributed by atoms with van der Waals surface area (Å²) in [6.45, 7) is 6.50. The maximum atomic E-state index is 12.9.